The van der Waals surface area contributed by atoms with Gasteiger partial charge in [-0.1, -0.05) is 0 Å². The van der Waals surface area contributed by atoms with Crippen molar-refractivity contribution in [3.05, 3.63) is 0 Å². The highest BCUT2D eigenvalue weighted by Gasteiger charge is 2.64. The number of aliphatic hydroxyl groups is 40. The first-order valence-electron chi connectivity index (χ1n) is 46.7. The molecule has 147 heavy (non-hydrogen) atoms. The Morgan fingerprint density at radius 2 is 0.361 bits per heavy atom. The lowest BCUT2D eigenvalue weighted by Crippen LogP contribution is -2.69. The molecule has 0 radical (unpaired) electrons. The Morgan fingerprint density at radius 1 is 0.177 bits per heavy atom. The number of ether oxygens (including phenoxy) is 25. The third-order valence-corrected chi connectivity index (χ3v) is 27.6. The summed E-state index contributed by atoms with van der Waals surface area (Å²) in [7, 11) is 0. The zero-order valence-electron chi connectivity index (χ0n) is 77.2. The quantitative estimate of drug-likeness (QED) is 0.0273. The predicted molar refractivity (Wildman–Crippen MR) is 439 cm³/mol. The maximum Gasteiger partial charge on any atom is 0.217 e. The van der Waals surface area contributed by atoms with Crippen LogP contribution < -0.4 is 5.32 Å². The number of nitrogens with one attached hydrogen (secondary N) is 1. The smallest absolute Gasteiger partial charge is 0.217 e. The molecule has 0 bridgehead atoms. The van der Waals surface area contributed by atoms with Crippen LogP contribution in [0.2, 0.25) is 0 Å². The first-order valence-corrected chi connectivity index (χ1v) is 46.7. The highest BCUT2D eigenvalue weighted by Crippen LogP contribution is 2.43. The van der Waals surface area contributed by atoms with Gasteiger partial charge in [0.1, 0.15) is 317 Å². The molecule has 13 saturated heterocycles. The monoisotopic (exact) mass is 2170 g/mol. The fourth-order valence-corrected chi connectivity index (χ4v) is 18.9. The van der Waals surface area contributed by atoms with E-state index in [0.29, 0.717) is 0 Å². The van der Waals surface area contributed by atoms with Crippen LogP contribution in [0, 0.1) is 0 Å². The van der Waals surface area contributed by atoms with Gasteiger partial charge in [0.15, 0.2) is 81.8 Å². The molecule has 0 spiro atoms. The Balaban J connectivity index is 0.852. The molecule has 67 nitrogen and oxygen atoms in total. The molecule has 0 aliphatic carbocycles. The van der Waals surface area contributed by atoms with E-state index in [4.69, 9.17) is 118 Å². The summed E-state index contributed by atoms with van der Waals surface area (Å²) in [6.45, 7) is -14.7. The maximum absolute atomic E-state index is 13.1. The van der Waals surface area contributed by atoms with Crippen molar-refractivity contribution in [1.82, 2.24) is 5.32 Å². The second-order valence-corrected chi connectivity index (χ2v) is 37.3. The van der Waals surface area contributed by atoms with E-state index in [1.54, 1.807) is 0 Å². The summed E-state index contributed by atoms with van der Waals surface area (Å²) in [5, 5.41) is 451. The van der Waals surface area contributed by atoms with E-state index in [-0.39, 0.29) is 0 Å². The summed E-state index contributed by atoms with van der Waals surface area (Å²) in [6, 6.07) is -1.94. The molecule has 0 saturated carbocycles. The summed E-state index contributed by atoms with van der Waals surface area (Å²) in [5.74, 6) is -0.961. The molecule has 0 aromatic rings. The molecular weight excluding hydrogens is 2030 g/mol. The van der Waals surface area contributed by atoms with Gasteiger partial charge in [-0.3, -0.25) is 4.79 Å². The number of carbonyl (C=O) groups excluding carboxylic acids is 1. The molecule has 41 N–H and O–H groups in total. The van der Waals surface area contributed by atoms with Gasteiger partial charge in [0.05, 0.1) is 85.9 Å². The van der Waals surface area contributed by atoms with E-state index in [0.717, 1.165) is 6.92 Å². The molecule has 13 rings (SSSR count). The van der Waals surface area contributed by atoms with Crippen molar-refractivity contribution in [2.75, 3.05) is 85.9 Å². The van der Waals surface area contributed by atoms with Crippen LogP contribution in [-0.2, 0) is 123 Å². The lowest BCUT2D eigenvalue weighted by atomic mass is 9.94. The minimum Gasteiger partial charge on any atom is -0.394 e. The van der Waals surface area contributed by atoms with E-state index in [1.807, 2.05) is 0 Å². The van der Waals surface area contributed by atoms with Crippen LogP contribution in [0.1, 0.15) is 6.92 Å². The van der Waals surface area contributed by atoms with Crippen molar-refractivity contribution >= 4 is 5.91 Å². The minimum atomic E-state index is -2.81. The van der Waals surface area contributed by atoms with Crippen LogP contribution in [0.5, 0.6) is 0 Å². The average molecular weight is 2170 g/mol. The predicted octanol–water partition coefficient (Wildman–Crippen LogP) is -29.2. The molecule has 13 fully saturated rings. The molecule has 1 amide bonds. The Labute approximate surface area is 828 Å². The van der Waals surface area contributed by atoms with Crippen molar-refractivity contribution in [3.8, 4) is 0 Å². The van der Waals surface area contributed by atoms with Crippen LogP contribution in [-0.4, -0.2) is 695 Å². The van der Waals surface area contributed by atoms with Gasteiger partial charge in [-0.25, -0.2) is 0 Å². The van der Waals surface area contributed by atoms with E-state index in [9.17, 15) is 209 Å². The topological polar surface area (TPSA) is 1070 Å². The standard InChI is InChI=1S/C80H135NO66/c1-15(92)81-29-42(105)59(25(11-91)126-68(29)122)139-76-58(121)63(41(104)28(137-76)13-123-69-55(118)62(142-72-53(116)45(108)32(95)18(4-84)129-72)40(103)27(136-69)14-125-78-65(48(111)35(98)21(7-87)134-78)145-74-56(119)60(38(101)23(9-89)131-74)140-70-51(114)43(106)30(93)16(2-82)127-70)143-80-67(50(113)37(100)26(138-80)12-124-77-64(47(110)34(97)20(6-86)133-77)144-73-54(117)46(109)33(96)19(5-85)130-73)147-79-66(49(112)36(99)22(8-88)135-79)146-75-57(120)61(39(102)24(10-90)132-75)141-71-52(115)44(107)31(94)17(3-83)128-71/h16-80,82-91,93-122H,2-14H2,1H3,(H,81,92)/t16-,17-,18-,19-,20-,21-,22-,23-,24-,25-,26-,27-,28-,29-,30-,31-,32-,33-,34-,35-,36-,37-,38-,39-,40-,41-,42-,43+,44+,45+,46+,47+,48+,49+,50-,51+,52+,53+,54+,55+,56+,57+,58+,59-,60+,61+,62+,63+,64+,65+,66+,67+,68?,69+,70-,71-,72-,73-,74-,75-,76+,77+,78+,79-,80-/m1/s1. The number of amides is 1. The van der Waals surface area contributed by atoms with Gasteiger partial charge < -0.3 is 328 Å². The Hall–Kier alpha value is -3.13. The van der Waals surface area contributed by atoms with Crippen LogP contribution in [0.25, 0.3) is 0 Å². The SMILES string of the molecule is CC(=O)N[C@H]1C(O)O[C@H](CO)[C@@H](O[C@@H]2O[C@H](CO[C@H]3O[C@H](CO[C@H]4O[C@H](CO)[C@@H](O)[C@H](O)[C@@H]4O[C@H]4O[C@H](CO)[C@@H](O)[C@H](O[C@H]5O[C@H](CO)[C@@H](O)[C@H](O)[C@@H]5O)[C@@H]4O)[C@@H](O)[C@H](O[C@H]4O[C@H](CO)[C@@H](O)[C@H](O)[C@@H]4O)[C@@H]3O)[C@@H](O)[C@H](O[C@H]3O[C@H](CO[C@H]4O[C@H](CO)[C@@H](O)[C@H](O)[C@@H]4O[C@H]4O[C@H](CO)[C@@H](O)[C@H](O)[C@@H]4O)[C@@H](O)[C@@H](O)[C@@H]3O[C@H]3O[C@H](CO)[C@@H](O)[C@H](O)[C@@H]3O[C@H]3O[C@H](CO)[C@@H](O)[C@H](O[C@H]4O[C@H](CO)[C@@H](O)[C@H](O)[C@@H]4O)[C@@H]3O)[C@@H]2O)[C@@H]1O. The van der Waals surface area contributed by atoms with E-state index in [2.05, 4.69) is 5.32 Å². The van der Waals surface area contributed by atoms with Crippen molar-refractivity contribution in [2.45, 2.75) is 406 Å². The first-order chi connectivity index (χ1) is 69.7. The van der Waals surface area contributed by atoms with Crippen molar-refractivity contribution in [3.63, 3.8) is 0 Å². The fraction of sp³-hybridized carbons (Fsp3) is 0.988. The summed E-state index contributed by atoms with van der Waals surface area (Å²) in [6.07, 6.45) is -146. The Kier molecular flexibility index (Phi) is 43.2. The molecule has 13 aliphatic rings. The molecule has 0 aromatic heterocycles. The molecule has 67 heteroatoms. The summed E-state index contributed by atoms with van der Waals surface area (Å²) in [5.41, 5.74) is 0. The van der Waals surface area contributed by atoms with Crippen LogP contribution in [0.4, 0.5) is 0 Å². The number of aliphatic hydroxyl groups excluding tert-OH is 40. The molecule has 65 atom stereocenters. The van der Waals surface area contributed by atoms with E-state index >= 15 is 0 Å². The van der Waals surface area contributed by atoms with E-state index in [1.165, 1.54) is 0 Å². The lowest BCUT2D eigenvalue weighted by Gasteiger charge is -2.51. The molecule has 1 unspecified atom stereocenters. The zero-order chi connectivity index (χ0) is 108. The number of rotatable bonds is 38. The maximum atomic E-state index is 13.1. The first kappa shape index (κ1) is 121. The number of hydrogen-bond donors (Lipinski definition) is 41. The second-order valence-electron chi connectivity index (χ2n) is 37.3. The number of carbonyl (C=O) groups is 1. The lowest BCUT2D eigenvalue weighted by molar-refractivity contribution is -0.413. The van der Waals surface area contributed by atoms with Gasteiger partial charge >= 0.3 is 0 Å². The van der Waals surface area contributed by atoms with Crippen molar-refractivity contribution in [1.29, 1.82) is 0 Å². The fourth-order valence-electron chi connectivity index (χ4n) is 18.9. The van der Waals surface area contributed by atoms with Crippen LogP contribution >= 0.6 is 0 Å². The van der Waals surface area contributed by atoms with Crippen molar-refractivity contribution < 1.29 is 327 Å². The van der Waals surface area contributed by atoms with Crippen molar-refractivity contribution in [2.24, 2.45) is 0 Å². The van der Waals surface area contributed by atoms with Crippen LogP contribution in [0.15, 0.2) is 0 Å². The summed E-state index contributed by atoms with van der Waals surface area (Å²) in [4.78, 5) is 12.6. The largest absolute Gasteiger partial charge is 0.394 e. The van der Waals surface area contributed by atoms with E-state index < -0.39 is 491 Å². The zero-order valence-corrected chi connectivity index (χ0v) is 77.2. The van der Waals surface area contributed by atoms with Gasteiger partial charge in [-0.05, 0) is 0 Å². The highest BCUT2D eigenvalue weighted by atomic mass is 16.8. The summed E-state index contributed by atoms with van der Waals surface area (Å²) >= 11 is 0. The van der Waals surface area contributed by atoms with Gasteiger partial charge in [-0.2, -0.15) is 0 Å². The molecule has 0 aromatic carbocycles. The van der Waals surface area contributed by atoms with Gasteiger partial charge in [0.25, 0.3) is 0 Å². The number of hydrogen-bond acceptors (Lipinski definition) is 66. The van der Waals surface area contributed by atoms with Gasteiger partial charge in [0.2, 0.25) is 5.91 Å². The normalized spacial score (nSPS) is 52.9. The Morgan fingerprint density at radius 3 is 0.653 bits per heavy atom. The molecular formula is C80H135NO66. The van der Waals surface area contributed by atoms with Gasteiger partial charge in [0, 0.05) is 6.92 Å². The average Bonchev–Trinajstić information content (AvgIpc) is 0.764. The third kappa shape index (κ3) is 25.7. The Bertz CT molecular complexity index is 3940. The molecule has 13 aliphatic heterocycles. The minimum absolute atomic E-state index is 0.908. The van der Waals surface area contributed by atoms with Gasteiger partial charge in [-0.15, -0.1) is 0 Å². The molecule has 13 heterocycles. The summed E-state index contributed by atoms with van der Waals surface area (Å²) < 4.78 is 147. The van der Waals surface area contributed by atoms with Crippen LogP contribution in [0.3, 0.4) is 0 Å². The highest BCUT2D eigenvalue weighted by molar-refractivity contribution is 5.73. The second kappa shape index (κ2) is 52.6. The molecule has 856 valence electrons. The third-order valence-electron chi connectivity index (χ3n) is 27.6.